The molecule has 0 aliphatic carbocycles. The maximum atomic E-state index is 12.2. The summed E-state index contributed by atoms with van der Waals surface area (Å²) < 4.78 is 1.61. The van der Waals surface area contributed by atoms with E-state index in [1.165, 1.54) is 17.3 Å². The lowest BCUT2D eigenvalue weighted by molar-refractivity contribution is 0.324. The number of hydrogen-bond acceptors (Lipinski definition) is 6. The summed E-state index contributed by atoms with van der Waals surface area (Å²) in [5.74, 6) is 1.63. The quantitative estimate of drug-likeness (QED) is 0.496. The van der Waals surface area contributed by atoms with Crippen molar-refractivity contribution >= 4 is 11.4 Å². The summed E-state index contributed by atoms with van der Waals surface area (Å²) in [6.07, 6.45) is 9.54. The van der Waals surface area contributed by atoms with Crippen LogP contribution >= 0.6 is 0 Å². The van der Waals surface area contributed by atoms with E-state index >= 15 is 0 Å². The highest BCUT2D eigenvalue weighted by Crippen LogP contribution is 2.30. The predicted octanol–water partition coefficient (Wildman–Crippen LogP) is 4.45. The Morgan fingerprint density at radius 1 is 1.09 bits per heavy atom. The third-order valence-electron chi connectivity index (χ3n) is 6.66. The second-order valence-electron chi connectivity index (χ2n) is 9.21. The number of hydrogen-bond donors (Lipinski definition) is 0. The monoisotopic (exact) mass is 470 g/mol. The number of rotatable bonds is 6. The van der Waals surface area contributed by atoms with Crippen molar-refractivity contribution in [3.63, 3.8) is 0 Å². The highest BCUT2D eigenvalue weighted by atomic mass is 16.1. The Bertz CT molecular complexity index is 1330. The van der Waals surface area contributed by atoms with Gasteiger partial charge in [0, 0.05) is 87.8 Å². The Balaban J connectivity index is 1.65. The molecule has 0 N–H and O–H groups in total. The molecule has 0 unspecified atom stereocenters. The smallest absolute Gasteiger partial charge is 0.253 e. The molecule has 7 nitrogen and oxygen atoms in total. The van der Waals surface area contributed by atoms with Crippen LogP contribution in [0.15, 0.2) is 65.0 Å². The van der Waals surface area contributed by atoms with Gasteiger partial charge < -0.3 is 9.80 Å². The summed E-state index contributed by atoms with van der Waals surface area (Å²) >= 11 is 0. The van der Waals surface area contributed by atoms with Gasteiger partial charge in [0.05, 0.1) is 0 Å². The Hall–Kier alpha value is -3.74. The number of pyridine rings is 2. The molecule has 0 radical (unpaired) electrons. The molecule has 0 atom stereocenters. The molecule has 1 aliphatic rings. The first-order valence-electron chi connectivity index (χ1n) is 12.1. The van der Waals surface area contributed by atoms with E-state index < -0.39 is 0 Å². The van der Waals surface area contributed by atoms with Crippen molar-refractivity contribution in [1.82, 2.24) is 24.4 Å². The maximum absolute atomic E-state index is 12.2. The number of allylic oxidation sites excluding steroid dienone is 3. The minimum atomic E-state index is -0.0539. The van der Waals surface area contributed by atoms with Crippen LogP contribution in [0.25, 0.3) is 16.7 Å². The molecule has 0 saturated heterocycles. The molecule has 0 fully saturated rings. The molecule has 4 rings (SSSR count). The molecule has 182 valence electrons. The van der Waals surface area contributed by atoms with Gasteiger partial charge in [-0.2, -0.15) is 0 Å². The second-order valence-corrected chi connectivity index (χ2v) is 9.21. The zero-order chi connectivity index (χ0) is 25.1. The molecule has 0 aromatic carbocycles. The van der Waals surface area contributed by atoms with Crippen LogP contribution in [0, 0.1) is 0 Å². The molecule has 0 saturated carbocycles. The first-order valence-corrected chi connectivity index (χ1v) is 12.1. The van der Waals surface area contributed by atoms with Gasteiger partial charge in [0.1, 0.15) is 11.6 Å². The van der Waals surface area contributed by atoms with E-state index in [4.69, 9.17) is 4.98 Å². The second kappa shape index (κ2) is 10.3. The molecule has 35 heavy (non-hydrogen) atoms. The van der Waals surface area contributed by atoms with Gasteiger partial charge in [-0.05, 0) is 55.2 Å². The van der Waals surface area contributed by atoms with E-state index in [2.05, 4.69) is 46.9 Å². The molecular formula is C28H34N6O. The predicted molar refractivity (Wildman–Crippen MR) is 142 cm³/mol. The Labute approximate surface area is 207 Å². The first-order chi connectivity index (χ1) is 16.8. The van der Waals surface area contributed by atoms with Gasteiger partial charge >= 0.3 is 0 Å². The van der Waals surface area contributed by atoms with Gasteiger partial charge in [-0.3, -0.25) is 14.3 Å². The fourth-order valence-electron chi connectivity index (χ4n) is 4.51. The van der Waals surface area contributed by atoms with E-state index in [-0.39, 0.29) is 5.56 Å². The van der Waals surface area contributed by atoms with Gasteiger partial charge in [0.2, 0.25) is 0 Å². The van der Waals surface area contributed by atoms with Crippen molar-refractivity contribution in [2.75, 3.05) is 25.5 Å². The fraction of sp³-hybridized carbons (Fsp3) is 0.357. The third kappa shape index (κ3) is 5.04. The van der Waals surface area contributed by atoms with Gasteiger partial charge in [-0.25, -0.2) is 9.97 Å². The molecule has 7 heteroatoms. The van der Waals surface area contributed by atoms with Crippen molar-refractivity contribution in [2.45, 2.75) is 40.2 Å². The van der Waals surface area contributed by atoms with Crippen molar-refractivity contribution in [3.8, 4) is 11.1 Å². The van der Waals surface area contributed by atoms with Crippen LogP contribution in [0.3, 0.4) is 0 Å². The highest BCUT2D eigenvalue weighted by molar-refractivity contribution is 5.66. The fourth-order valence-corrected chi connectivity index (χ4v) is 4.51. The van der Waals surface area contributed by atoms with E-state index in [0.29, 0.717) is 5.82 Å². The van der Waals surface area contributed by atoms with Crippen LogP contribution in [0.1, 0.15) is 44.3 Å². The molecule has 3 aromatic rings. The summed E-state index contributed by atoms with van der Waals surface area (Å²) in [6.45, 7) is 8.01. The van der Waals surface area contributed by atoms with Crippen molar-refractivity contribution in [1.29, 1.82) is 0 Å². The van der Waals surface area contributed by atoms with Crippen LogP contribution < -0.4 is 10.5 Å². The number of aromatic nitrogens is 4. The molecule has 0 spiro atoms. The van der Waals surface area contributed by atoms with Gasteiger partial charge in [-0.1, -0.05) is 13.0 Å². The van der Waals surface area contributed by atoms with Crippen LogP contribution in [-0.4, -0.2) is 45.1 Å². The lowest BCUT2D eigenvalue weighted by Gasteiger charge is -2.33. The standard InChI is InChI=1S/C28H34N6O/c1-7-8-25(19(2)20(3)28-29-13-11-27(35)33(28)6)34-14-12-24-23(18-34)15-22(17-30-24)21-9-10-26(31-16-21)32(4)5/h8-11,13,15-17H,7,12,14,18H2,1-6H3/b20-19-,25-8-. The van der Waals surface area contributed by atoms with Gasteiger partial charge in [0.25, 0.3) is 5.56 Å². The summed E-state index contributed by atoms with van der Waals surface area (Å²) in [5, 5.41) is 0. The van der Waals surface area contributed by atoms with Crippen molar-refractivity contribution in [2.24, 2.45) is 7.05 Å². The minimum Gasteiger partial charge on any atom is -0.367 e. The minimum absolute atomic E-state index is 0.0539. The highest BCUT2D eigenvalue weighted by Gasteiger charge is 2.22. The number of anilines is 1. The molecule has 0 amide bonds. The molecule has 1 aliphatic heterocycles. The summed E-state index contributed by atoms with van der Waals surface area (Å²) in [6, 6.07) is 7.87. The van der Waals surface area contributed by atoms with E-state index in [9.17, 15) is 4.79 Å². The van der Waals surface area contributed by atoms with E-state index in [0.717, 1.165) is 59.7 Å². The Morgan fingerprint density at radius 3 is 2.54 bits per heavy atom. The summed E-state index contributed by atoms with van der Waals surface area (Å²) in [4.78, 5) is 30.4. The van der Waals surface area contributed by atoms with Crippen LogP contribution in [0.4, 0.5) is 5.82 Å². The first kappa shape index (κ1) is 24.4. The SMILES string of the molecule is CC/C=C(/C(C)=C(/C)c1nccc(=O)n1C)N1CCc2ncc(-c3ccc(N(C)C)nc3)cc2C1. The van der Waals surface area contributed by atoms with Crippen molar-refractivity contribution < 1.29 is 0 Å². The number of nitrogens with zero attached hydrogens (tertiary/aromatic N) is 6. The van der Waals surface area contributed by atoms with Crippen LogP contribution in [-0.2, 0) is 20.0 Å². The lowest BCUT2D eigenvalue weighted by atomic mass is 9.98. The average molecular weight is 471 g/mol. The van der Waals surface area contributed by atoms with Gasteiger partial charge in [0.15, 0.2) is 0 Å². The third-order valence-corrected chi connectivity index (χ3v) is 6.66. The average Bonchev–Trinajstić information content (AvgIpc) is 2.87. The lowest BCUT2D eigenvalue weighted by Crippen LogP contribution is -2.31. The van der Waals surface area contributed by atoms with E-state index in [1.807, 2.05) is 44.4 Å². The normalized spacial score (nSPS) is 14.5. The molecule has 3 aromatic heterocycles. The zero-order valence-corrected chi connectivity index (χ0v) is 21.5. The Morgan fingerprint density at radius 2 is 1.86 bits per heavy atom. The molecule has 4 heterocycles. The molecular weight excluding hydrogens is 436 g/mol. The zero-order valence-electron chi connectivity index (χ0n) is 21.5. The summed E-state index contributed by atoms with van der Waals surface area (Å²) in [5.41, 5.74) is 7.82. The summed E-state index contributed by atoms with van der Waals surface area (Å²) in [7, 11) is 5.75. The largest absolute Gasteiger partial charge is 0.367 e. The van der Waals surface area contributed by atoms with Crippen LogP contribution in [0.2, 0.25) is 0 Å². The van der Waals surface area contributed by atoms with Gasteiger partial charge in [-0.15, -0.1) is 0 Å². The molecule has 0 bridgehead atoms. The Kier molecular flexibility index (Phi) is 7.15. The van der Waals surface area contributed by atoms with Crippen molar-refractivity contribution in [3.05, 3.63) is 87.6 Å². The number of fused-ring (bicyclic) bond motifs is 1. The van der Waals surface area contributed by atoms with E-state index in [1.54, 1.807) is 17.8 Å². The van der Waals surface area contributed by atoms with Crippen LogP contribution in [0.5, 0.6) is 0 Å². The topological polar surface area (TPSA) is 67.2 Å². The maximum Gasteiger partial charge on any atom is 0.253 e.